The number of benzene rings is 2. The fraction of sp³-hybridized carbons (Fsp3) is 0.360. The largest absolute Gasteiger partial charge is 0.360 e. The van der Waals surface area contributed by atoms with E-state index in [9.17, 15) is 18.0 Å². The molecule has 3 aromatic rings. The summed E-state index contributed by atoms with van der Waals surface area (Å²) in [5.74, 6) is -0.335. The third-order valence-electron chi connectivity index (χ3n) is 6.44. The molecule has 1 amide bonds. The Morgan fingerprint density at radius 2 is 1.76 bits per heavy atom. The van der Waals surface area contributed by atoms with E-state index >= 15 is 0 Å². The molecule has 4 rings (SSSR count). The first-order valence-corrected chi connectivity index (χ1v) is 12.8. The van der Waals surface area contributed by atoms with Crippen LogP contribution in [0.25, 0.3) is 10.9 Å². The summed E-state index contributed by atoms with van der Waals surface area (Å²) in [7, 11) is -2.16. The number of aromatic nitrogens is 1. The van der Waals surface area contributed by atoms with Crippen molar-refractivity contribution in [3.8, 4) is 0 Å². The van der Waals surface area contributed by atoms with Gasteiger partial charge in [-0.15, -0.1) is 0 Å². The zero-order valence-electron chi connectivity index (χ0n) is 19.0. The molecule has 8 heteroatoms. The lowest BCUT2D eigenvalue weighted by molar-refractivity contribution is 0.0695. The number of hydrogen-bond acceptors (Lipinski definition) is 4. The van der Waals surface area contributed by atoms with Crippen LogP contribution in [0.4, 0.5) is 5.69 Å². The van der Waals surface area contributed by atoms with Crippen LogP contribution in [0.1, 0.15) is 49.4 Å². The molecule has 1 saturated carbocycles. The van der Waals surface area contributed by atoms with Gasteiger partial charge in [0.2, 0.25) is 5.43 Å². The molecule has 174 valence electrons. The van der Waals surface area contributed by atoms with Crippen LogP contribution in [-0.4, -0.2) is 43.8 Å². The highest BCUT2D eigenvalue weighted by molar-refractivity contribution is 7.92. The molecule has 0 atom stereocenters. The molecule has 33 heavy (non-hydrogen) atoms. The molecule has 7 nitrogen and oxygen atoms in total. The van der Waals surface area contributed by atoms with E-state index in [4.69, 9.17) is 0 Å². The minimum Gasteiger partial charge on any atom is -0.360 e. The molecular weight excluding hydrogens is 438 g/mol. The summed E-state index contributed by atoms with van der Waals surface area (Å²) in [5, 5.41) is 0.183. The normalized spacial score (nSPS) is 14.8. The predicted molar refractivity (Wildman–Crippen MR) is 130 cm³/mol. The van der Waals surface area contributed by atoms with E-state index in [1.807, 2.05) is 6.07 Å². The van der Waals surface area contributed by atoms with Crippen LogP contribution in [-0.2, 0) is 10.0 Å². The number of para-hydroxylation sites is 1. The smallest absolute Gasteiger partial charge is 0.264 e. The number of nitrogens with one attached hydrogen (secondary N) is 1. The lowest BCUT2D eigenvalue weighted by Crippen LogP contribution is -2.40. The van der Waals surface area contributed by atoms with E-state index in [0.29, 0.717) is 11.2 Å². The van der Waals surface area contributed by atoms with Crippen molar-refractivity contribution >= 4 is 32.5 Å². The number of sulfonamides is 1. The quantitative estimate of drug-likeness (QED) is 0.590. The molecule has 1 N–H and O–H groups in total. The minimum atomic E-state index is -3.89. The first kappa shape index (κ1) is 23.0. The lowest BCUT2D eigenvalue weighted by Gasteiger charge is -2.31. The molecule has 1 fully saturated rings. The highest BCUT2D eigenvalue weighted by atomic mass is 32.2. The van der Waals surface area contributed by atoms with Gasteiger partial charge in [0.05, 0.1) is 10.6 Å². The van der Waals surface area contributed by atoms with Gasteiger partial charge in [0.1, 0.15) is 5.56 Å². The maximum absolute atomic E-state index is 13.4. The average Bonchev–Trinajstić information content (AvgIpc) is 2.85. The van der Waals surface area contributed by atoms with Gasteiger partial charge in [-0.25, -0.2) is 8.42 Å². The Kier molecular flexibility index (Phi) is 6.56. The number of amides is 1. The molecule has 0 aliphatic heterocycles. The molecule has 0 bridgehead atoms. The van der Waals surface area contributed by atoms with Gasteiger partial charge in [-0.3, -0.25) is 13.9 Å². The van der Waals surface area contributed by atoms with Crippen LogP contribution in [0.5, 0.6) is 0 Å². The molecule has 0 saturated heterocycles. The second-order valence-electron chi connectivity index (χ2n) is 8.45. The number of aromatic amines is 1. The predicted octanol–water partition coefficient (Wildman–Crippen LogP) is 4.15. The molecule has 0 radical (unpaired) electrons. The summed E-state index contributed by atoms with van der Waals surface area (Å²) in [6.45, 7) is 2.00. The van der Waals surface area contributed by atoms with Gasteiger partial charge in [-0.2, -0.15) is 0 Å². The topological polar surface area (TPSA) is 90.6 Å². The van der Waals surface area contributed by atoms with Gasteiger partial charge in [-0.05, 0) is 50.1 Å². The van der Waals surface area contributed by atoms with Crippen molar-refractivity contribution in [2.24, 2.45) is 0 Å². The SMILES string of the molecule is CCN(c1ccccc1)S(=O)(=O)c1ccc2[nH]cc(C(=O)N(C)C3CCCCC3)c(=O)c2c1. The highest BCUT2D eigenvalue weighted by Gasteiger charge is 2.27. The molecule has 1 heterocycles. The lowest BCUT2D eigenvalue weighted by atomic mass is 9.94. The first-order chi connectivity index (χ1) is 15.8. The number of H-pyrrole nitrogens is 1. The number of rotatable bonds is 6. The summed E-state index contributed by atoms with van der Waals surface area (Å²) in [6, 6.07) is 13.4. The fourth-order valence-corrected chi connectivity index (χ4v) is 6.05. The summed E-state index contributed by atoms with van der Waals surface area (Å²) in [6.07, 6.45) is 6.62. The molecule has 1 aliphatic carbocycles. The van der Waals surface area contributed by atoms with E-state index in [2.05, 4.69) is 4.98 Å². The number of fused-ring (bicyclic) bond motifs is 1. The number of carbonyl (C=O) groups is 1. The van der Waals surface area contributed by atoms with Crippen LogP contribution < -0.4 is 9.73 Å². The Bertz CT molecular complexity index is 1310. The summed E-state index contributed by atoms with van der Waals surface area (Å²) in [4.78, 5) is 31.0. The molecule has 0 spiro atoms. The van der Waals surface area contributed by atoms with Crippen LogP contribution in [0.3, 0.4) is 0 Å². The molecule has 1 aromatic heterocycles. The van der Waals surface area contributed by atoms with Crippen LogP contribution >= 0.6 is 0 Å². The maximum Gasteiger partial charge on any atom is 0.264 e. The van der Waals surface area contributed by atoms with Gasteiger partial charge in [0.15, 0.2) is 0 Å². The van der Waals surface area contributed by atoms with Crippen molar-refractivity contribution < 1.29 is 13.2 Å². The van der Waals surface area contributed by atoms with E-state index in [1.54, 1.807) is 49.2 Å². The Labute approximate surface area is 194 Å². The maximum atomic E-state index is 13.4. The number of hydrogen-bond donors (Lipinski definition) is 1. The third kappa shape index (κ3) is 4.39. The van der Waals surface area contributed by atoms with Crippen molar-refractivity contribution in [1.29, 1.82) is 0 Å². The second kappa shape index (κ2) is 9.39. The van der Waals surface area contributed by atoms with Gasteiger partial charge >= 0.3 is 0 Å². The Morgan fingerprint density at radius 1 is 1.06 bits per heavy atom. The molecule has 0 unspecified atom stereocenters. The van der Waals surface area contributed by atoms with Crippen molar-refractivity contribution in [3.63, 3.8) is 0 Å². The van der Waals surface area contributed by atoms with Crippen molar-refractivity contribution in [2.75, 3.05) is 17.9 Å². The second-order valence-corrected chi connectivity index (χ2v) is 10.3. The fourth-order valence-electron chi connectivity index (χ4n) is 4.55. The van der Waals surface area contributed by atoms with E-state index < -0.39 is 15.5 Å². The van der Waals surface area contributed by atoms with E-state index in [1.165, 1.54) is 29.1 Å². The number of pyridine rings is 1. The van der Waals surface area contributed by atoms with Crippen LogP contribution in [0.2, 0.25) is 0 Å². The van der Waals surface area contributed by atoms with Gasteiger partial charge < -0.3 is 9.88 Å². The summed E-state index contributed by atoms with van der Waals surface area (Å²) < 4.78 is 28.1. The number of nitrogens with zero attached hydrogens (tertiary/aromatic N) is 2. The summed E-state index contributed by atoms with van der Waals surface area (Å²) in [5.41, 5.74) is 0.599. The molecule has 2 aromatic carbocycles. The highest BCUT2D eigenvalue weighted by Crippen LogP contribution is 2.26. The first-order valence-electron chi connectivity index (χ1n) is 11.3. The Balaban J connectivity index is 1.73. The average molecular weight is 468 g/mol. The van der Waals surface area contributed by atoms with Crippen LogP contribution in [0.15, 0.2) is 64.4 Å². The van der Waals surface area contributed by atoms with E-state index in [-0.39, 0.29) is 34.3 Å². The number of carbonyl (C=O) groups excluding carboxylic acids is 1. The Morgan fingerprint density at radius 3 is 2.42 bits per heavy atom. The Hall–Kier alpha value is -3.13. The minimum absolute atomic E-state index is 0.0106. The monoisotopic (exact) mass is 467 g/mol. The van der Waals surface area contributed by atoms with Crippen molar-refractivity contribution in [2.45, 2.75) is 50.0 Å². The van der Waals surface area contributed by atoms with Gasteiger partial charge in [0, 0.05) is 36.7 Å². The summed E-state index contributed by atoms with van der Waals surface area (Å²) >= 11 is 0. The van der Waals surface area contributed by atoms with Crippen molar-refractivity contribution in [3.05, 3.63) is 70.5 Å². The third-order valence-corrected chi connectivity index (χ3v) is 8.34. The van der Waals surface area contributed by atoms with E-state index in [0.717, 1.165) is 25.7 Å². The molecular formula is C25H29N3O4S. The number of anilines is 1. The van der Waals surface area contributed by atoms with Crippen LogP contribution in [0, 0.1) is 0 Å². The zero-order chi connectivity index (χ0) is 23.6. The standard InChI is InChI=1S/C25H29N3O4S/c1-3-28(19-12-8-5-9-13-19)33(31,32)20-14-15-23-21(16-20)24(29)22(17-26-23)25(30)27(2)18-10-6-4-7-11-18/h5,8-9,12-18H,3-4,6-7,10-11H2,1-2H3,(H,26,29). The van der Waals surface area contributed by atoms with Gasteiger partial charge in [-0.1, -0.05) is 37.5 Å². The van der Waals surface area contributed by atoms with Crippen molar-refractivity contribution in [1.82, 2.24) is 9.88 Å². The molecule has 1 aliphatic rings. The van der Waals surface area contributed by atoms with Gasteiger partial charge in [0.25, 0.3) is 15.9 Å². The zero-order valence-corrected chi connectivity index (χ0v) is 19.8.